The van der Waals surface area contributed by atoms with Gasteiger partial charge in [-0.15, -0.1) is 4.80 Å². The van der Waals surface area contributed by atoms with E-state index in [-0.39, 0.29) is 28.0 Å². The van der Waals surface area contributed by atoms with E-state index < -0.39 is 40.9 Å². The predicted molar refractivity (Wildman–Crippen MR) is 134 cm³/mol. The minimum atomic E-state index is -5.04. The van der Waals surface area contributed by atoms with Gasteiger partial charge in [0.25, 0.3) is 5.91 Å². The lowest BCUT2D eigenvalue weighted by molar-refractivity contribution is -0.143. The predicted octanol–water partition coefficient (Wildman–Crippen LogP) is 4.16. The maximum Gasteiger partial charge on any atom is 0.434 e. The van der Waals surface area contributed by atoms with Gasteiger partial charge in [0, 0.05) is 11.9 Å². The van der Waals surface area contributed by atoms with Gasteiger partial charge < -0.3 is 15.4 Å². The number of aromatic nitrogens is 6. The van der Waals surface area contributed by atoms with E-state index in [0.29, 0.717) is 10.5 Å². The number of halogens is 5. The Bertz CT molecular complexity index is 1480. The van der Waals surface area contributed by atoms with E-state index in [2.05, 4.69) is 36.2 Å². The highest BCUT2D eigenvalue weighted by molar-refractivity contribution is 6.35. The van der Waals surface area contributed by atoms with Gasteiger partial charge in [-0.05, 0) is 32.9 Å². The van der Waals surface area contributed by atoms with Crippen LogP contribution in [0.15, 0.2) is 47.7 Å². The number of pyridine rings is 1. The number of ether oxygens (including phenoxy) is 1. The van der Waals surface area contributed by atoms with Crippen molar-refractivity contribution in [2.24, 2.45) is 0 Å². The molecule has 17 heteroatoms. The van der Waals surface area contributed by atoms with Crippen LogP contribution in [0, 0.1) is 0 Å². The summed E-state index contributed by atoms with van der Waals surface area (Å²) in [6.45, 7) is 4.92. The SMILES string of the molecule is CC(C)(C)OC(=O)Nc1ccnc(-n2ncc(C(=O)NC3=CC(Cl)=C(n4nccn4)NC3)c2C(F)(F)F)c1Cl. The van der Waals surface area contributed by atoms with Crippen molar-refractivity contribution in [1.29, 1.82) is 0 Å². The van der Waals surface area contributed by atoms with Crippen LogP contribution in [-0.2, 0) is 10.9 Å². The normalized spacial score (nSPS) is 14.0. The van der Waals surface area contributed by atoms with Gasteiger partial charge in [0.1, 0.15) is 10.6 Å². The van der Waals surface area contributed by atoms with Crippen LogP contribution in [0.3, 0.4) is 0 Å². The highest BCUT2D eigenvalue weighted by atomic mass is 35.5. The van der Waals surface area contributed by atoms with E-state index in [1.807, 2.05) is 0 Å². The minimum absolute atomic E-state index is 0.0140. The standard InChI is InChI=1S/C22H20Cl2F3N9O3/c1-21(2,3)39-20(38)34-14-4-5-28-18(15(14)24)35-16(22(25,26)27)12(10-32-35)19(37)33-11-8-13(23)17(29-9-11)36-30-6-7-31-36/h4-8,10,29H,9H2,1-3H3,(H,33,37)(H,28,34,38). The smallest absolute Gasteiger partial charge is 0.434 e. The molecule has 1 aliphatic rings. The third-order valence-electron chi connectivity index (χ3n) is 4.86. The second-order valence-electron chi connectivity index (χ2n) is 8.93. The molecule has 206 valence electrons. The van der Waals surface area contributed by atoms with Gasteiger partial charge in [-0.1, -0.05) is 23.2 Å². The number of nitrogens with one attached hydrogen (secondary N) is 3. The third kappa shape index (κ3) is 6.31. The molecule has 0 atom stereocenters. The monoisotopic (exact) mass is 585 g/mol. The van der Waals surface area contributed by atoms with Gasteiger partial charge in [-0.25, -0.2) is 14.5 Å². The molecule has 2 amide bonds. The first kappa shape index (κ1) is 27.9. The number of nitrogens with zero attached hydrogens (tertiary/aromatic N) is 6. The number of hydrogen-bond acceptors (Lipinski definition) is 8. The van der Waals surface area contributed by atoms with E-state index >= 15 is 0 Å². The molecule has 0 fully saturated rings. The highest BCUT2D eigenvalue weighted by Gasteiger charge is 2.41. The molecule has 39 heavy (non-hydrogen) atoms. The number of rotatable bonds is 5. The molecule has 0 saturated heterocycles. The molecular weight excluding hydrogens is 566 g/mol. The largest absolute Gasteiger partial charge is 0.444 e. The number of carbonyl (C=O) groups excluding carboxylic acids is 2. The average molecular weight is 586 g/mol. The molecule has 0 aromatic carbocycles. The molecule has 4 rings (SSSR count). The molecule has 1 aliphatic heterocycles. The van der Waals surface area contributed by atoms with Gasteiger partial charge in [-0.2, -0.15) is 28.5 Å². The first-order chi connectivity index (χ1) is 18.2. The number of allylic oxidation sites excluding steroid dienone is 2. The molecule has 3 aromatic heterocycles. The summed E-state index contributed by atoms with van der Waals surface area (Å²) >= 11 is 12.5. The molecule has 0 bridgehead atoms. The molecule has 0 unspecified atom stereocenters. The molecule has 12 nitrogen and oxygen atoms in total. The summed E-state index contributed by atoms with van der Waals surface area (Å²) in [5.41, 5.74) is -2.96. The third-order valence-corrected chi connectivity index (χ3v) is 5.52. The molecule has 3 N–H and O–H groups in total. The van der Waals surface area contributed by atoms with Crippen LogP contribution in [-0.4, -0.2) is 53.9 Å². The Hall–Kier alpha value is -4.11. The van der Waals surface area contributed by atoms with Crippen LogP contribution in [0.5, 0.6) is 0 Å². The summed E-state index contributed by atoms with van der Waals surface area (Å²) in [7, 11) is 0. The summed E-state index contributed by atoms with van der Waals surface area (Å²) in [5, 5.41) is 19.0. The first-order valence-corrected chi connectivity index (χ1v) is 11.8. The van der Waals surface area contributed by atoms with E-state index in [0.717, 1.165) is 12.4 Å². The van der Waals surface area contributed by atoms with Gasteiger partial charge >= 0.3 is 12.3 Å². The summed E-state index contributed by atoms with van der Waals surface area (Å²) in [6, 6.07) is 1.27. The van der Waals surface area contributed by atoms with Crippen molar-refractivity contribution in [3.8, 4) is 5.82 Å². The fourth-order valence-electron chi connectivity index (χ4n) is 3.37. The van der Waals surface area contributed by atoms with Crippen LogP contribution in [0.1, 0.15) is 36.8 Å². The molecule has 0 saturated carbocycles. The second-order valence-corrected chi connectivity index (χ2v) is 9.72. The maximum absolute atomic E-state index is 14.2. The van der Waals surface area contributed by atoms with Crippen LogP contribution in [0.25, 0.3) is 11.6 Å². The molecule has 0 aliphatic carbocycles. The van der Waals surface area contributed by atoms with Crippen molar-refractivity contribution in [3.63, 3.8) is 0 Å². The molecule has 0 spiro atoms. The average Bonchev–Trinajstić information content (AvgIpc) is 3.49. The second kappa shape index (κ2) is 10.6. The minimum Gasteiger partial charge on any atom is -0.444 e. The first-order valence-electron chi connectivity index (χ1n) is 11.1. The van der Waals surface area contributed by atoms with Crippen molar-refractivity contribution < 1.29 is 27.5 Å². The molecule has 3 aromatic rings. The fourth-order valence-corrected chi connectivity index (χ4v) is 3.88. The van der Waals surface area contributed by atoms with E-state index in [1.54, 1.807) is 20.8 Å². The van der Waals surface area contributed by atoms with E-state index in [1.165, 1.54) is 29.3 Å². The Morgan fingerprint density at radius 3 is 2.38 bits per heavy atom. The lowest BCUT2D eigenvalue weighted by atomic mass is 10.2. The van der Waals surface area contributed by atoms with Crippen LogP contribution in [0.4, 0.5) is 23.7 Å². The zero-order valence-corrected chi connectivity index (χ0v) is 22.0. The van der Waals surface area contributed by atoms with Gasteiger partial charge in [0.15, 0.2) is 17.3 Å². The van der Waals surface area contributed by atoms with Crippen molar-refractivity contribution in [3.05, 3.63) is 63.9 Å². The zero-order valence-electron chi connectivity index (χ0n) is 20.5. The fraction of sp³-hybridized carbons (Fsp3) is 0.273. The van der Waals surface area contributed by atoms with Gasteiger partial charge in [0.2, 0.25) is 0 Å². The van der Waals surface area contributed by atoms with Gasteiger partial charge in [-0.3, -0.25) is 10.1 Å². The van der Waals surface area contributed by atoms with Crippen molar-refractivity contribution in [2.75, 3.05) is 11.9 Å². The van der Waals surface area contributed by atoms with Crippen molar-refractivity contribution in [1.82, 2.24) is 40.4 Å². The lowest BCUT2D eigenvalue weighted by Gasteiger charge is -2.20. The topological polar surface area (TPSA) is 141 Å². The quantitative estimate of drug-likeness (QED) is 0.405. The number of hydrogen-bond donors (Lipinski definition) is 3. The summed E-state index contributed by atoms with van der Waals surface area (Å²) in [6.07, 6.45) is 0.147. The number of dihydropyridines is 1. The summed E-state index contributed by atoms with van der Waals surface area (Å²) in [4.78, 5) is 30.2. The van der Waals surface area contributed by atoms with Crippen molar-refractivity contribution >= 4 is 46.7 Å². The van der Waals surface area contributed by atoms with E-state index in [9.17, 15) is 22.8 Å². The number of amides is 2. The molecule has 4 heterocycles. The van der Waals surface area contributed by atoms with Crippen LogP contribution >= 0.6 is 23.2 Å². The van der Waals surface area contributed by atoms with Crippen LogP contribution < -0.4 is 16.0 Å². The number of anilines is 1. The molecule has 0 radical (unpaired) electrons. The maximum atomic E-state index is 14.2. The Morgan fingerprint density at radius 2 is 1.77 bits per heavy atom. The van der Waals surface area contributed by atoms with Crippen molar-refractivity contribution in [2.45, 2.75) is 32.5 Å². The van der Waals surface area contributed by atoms with Gasteiger partial charge in [0.05, 0.1) is 41.4 Å². The lowest BCUT2D eigenvalue weighted by Crippen LogP contribution is -2.34. The number of alkyl halides is 3. The Balaban J connectivity index is 1.64. The highest BCUT2D eigenvalue weighted by Crippen LogP contribution is 2.36. The summed E-state index contributed by atoms with van der Waals surface area (Å²) < 4.78 is 48.1. The molecular formula is C22H20Cl2F3N9O3. The Morgan fingerprint density at radius 1 is 1.08 bits per heavy atom. The van der Waals surface area contributed by atoms with Crippen LogP contribution in [0.2, 0.25) is 5.02 Å². The van der Waals surface area contributed by atoms with E-state index in [4.69, 9.17) is 27.9 Å². The Labute approximate surface area is 228 Å². The number of carbonyl (C=O) groups is 2. The Kier molecular flexibility index (Phi) is 7.57. The zero-order chi connectivity index (χ0) is 28.5. The summed E-state index contributed by atoms with van der Waals surface area (Å²) in [5.74, 6) is -1.26.